The molecule has 2 heteroatoms. The van der Waals surface area contributed by atoms with Crippen LogP contribution in [0, 0.1) is 23.7 Å². The summed E-state index contributed by atoms with van der Waals surface area (Å²) in [6, 6.07) is 0. The van der Waals surface area contributed by atoms with Gasteiger partial charge >= 0.3 is 0 Å². The third kappa shape index (κ3) is 3.35. The summed E-state index contributed by atoms with van der Waals surface area (Å²) in [4.78, 5) is 0. The summed E-state index contributed by atoms with van der Waals surface area (Å²) >= 11 is 0. The van der Waals surface area contributed by atoms with E-state index in [0.29, 0.717) is 5.16 Å². The predicted octanol–water partition coefficient (Wildman–Crippen LogP) is 6.24. The van der Waals surface area contributed by atoms with Gasteiger partial charge in [0, 0.05) is 26.4 Å². The Morgan fingerprint density at radius 2 is 1.15 bits per heavy atom. The van der Waals surface area contributed by atoms with E-state index in [4.69, 9.17) is 0 Å². The van der Waals surface area contributed by atoms with Gasteiger partial charge in [-0.05, 0) is 50.0 Å². The van der Waals surface area contributed by atoms with Gasteiger partial charge in [-0.3, -0.25) is 0 Å². The van der Waals surface area contributed by atoms with Crippen LogP contribution in [0.2, 0.25) is 18.6 Å². The van der Waals surface area contributed by atoms with Crippen molar-refractivity contribution in [3.05, 3.63) is 0 Å². The normalized spacial score (nSPS) is 36.5. The minimum atomic E-state index is -1.18. The predicted molar refractivity (Wildman–Crippen MR) is 101 cm³/mol. The molecule has 0 heterocycles. The van der Waals surface area contributed by atoms with Crippen molar-refractivity contribution in [2.45, 2.75) is 72.3 Å². The summed E-state index contributed by atoms with van der Waals surface area (Å²) in [6.45, 7) is 28.1. The van der Waals surface area contributed by atoms with Gasteiger partial charge in [0.25, 0.3) is 0 Å². The van der Waals surface area contributed by atoms with E-state index in [0.717, 1.165) is 29.2 Å². The summed E-state index contributed by atoms with van der Waals surface area (Å²) in [5, 5.41) is 0.513. The topological polar surface area (TPSA) is 0 Å². The summed E-state index contributed by atoms with van der Waals surface area (Å²) in [7, 11) is -2.01. The van der Waals surface area contributed by atoms with Gasteiger partial charge in [-0.2, -0.15) is 0 Å². The van der Waals surface area contributed by atoms with Gasteiger partial charge in [0.15, 0.2) is 0 Å². The molecular formula is C18H40PSi+. The Hall–Kier alpha value is 0.647. The van der Waals surface area contributed by atoms with Crippen LogP contribution in [0.3, 0.4) is 0 Å². The van der Waals surface area contributed by atoms with Gasteiger partial charge in [-0.25, -0.2) is 0 Å². The van der Waals surface area contributed by atoms with E-state index in [9.17, 15) is 0 Å². The van der Waals surface area contributed by atoms with Crippen LogP contribution in [0.4, 0.5) is 0 Å². The van der Waals surface area contributed by atoms with Crippen molar-refractivity contribution >= 4 is 15.3 Å². The number of rotatable bonds is 3. The highest BCUT2D eigenvalue weighted by molar-refractivity contribution is 7.78. The summed E-state index contributed by atoms with van der Waals surface area (Å²) in [5.41, 5.74) is 1.02. The third-order valence-corrected chi connectivity index (χ3v) is 20.1. The molecule has 1 saturated carbocycles. The van der Waals surface area contributed by atoms with Crippen LogP contribution < -0.4 is 0 Å². The van der Waals surface area contributed by atoms with E-state index in [1.165, 1.54) is 0 Å². The lowest BCUT2D eigenvalue weighted by Crippen LogP contribution is -2.44. The van der Waals surface area contributed by atoms with Crippen LogP contribution in [0.1, 0.15) is 48.5 Å². The molecule has 20 heavy (non-hydrogen) atoms. The summed E-state index contributed by atoms with van der Waals surface area (Å²) in [6.07, 6.45) is 0. The smallest absolute Gasteiger partial charge is 0.0659 e. The van der Waals surface area contributed by atoms with E-state index in [1.54, 1.807) is 5.79 Å². The first-order chi connectivity index (χ1) is 8.72. The molecule has 4 unspecified atom stereocenters. The van der Waals surface area contributed by atoms with E-state index in [1.807, 2.05) is 0 Å². The maximum Gasteiger partial charge on any atom is 0.0955 e. The van der Waals surface area contributed by atoms with Crippen molar-refractivity contribution in [2.24, 2.45) is 23.7 Å². The van der Waals surface area contributed by atoms with Crippen molar-refractivity contribution in [1.82, 2.24) is 0 Å². The van der Waals surface area contributed by atoms with Crippen molar-refractivity contribution < 1.29 is 0 Å². The maximum atomic E-state index is 2.70. The average Bonchev–Trinajstić information content (AvgIpc) is 2.40. The Morgan fingerprint density at radius 3 is 1.45 bits per heavy atom. The number of hydrogen-bond acceptors (Lipinski definition) is 0. The highest BCUT2D eigenvalue weighted by Gasteiger charge is 2.54. The monoisotopic (exact) mass is 315 g/mol. The Morgan fingerprint density at radius 1 is 0.800 bits per heavy atom. The second-order valence-corrected chi connectivity index (χ2v) is 20.6. The molecule has 0 N–H and O–H groups in total. The maximum absolute atomic E-state index is 2.70. The molecule has 0 radical (unpaired) electrons. The molecule has 1 fully saturated rings. The van der Waals surface area contributed by atoms with Gasteiger partial charge in [0.2, 0.25) is 0 Å². The lowest BCUT2D eigenvalue weighted by Gasteiger charge is -2.42. The van der Waals surface area contributed by atoms with Crippen molar-refractivity contribution in [3.63, 3.8) is 0 Å². The Labute approximate surface area is 130 Å². The Kier molecular flexibility index (Phi) is 5.32. The summed E-state index contributed by atoms with van der Waals surface area (Å²) < 4.78 is 0. The molecule has 0 nitrogen and oxygen atoms in total. The van der Waals surface area contributed by atoms with Crippen LogP contribution in [0.15, 0.2) is 0 Å². The van der Waals surface area contributed by atoms with E-state index in [-0.39, 0.29) is 0 Å². The second-order valence-electron chi connectivity index (χ2n) is 9.96. The average molecular weight is 316 g/mol. The Bertz CT molecular complexity index is 326. The fourth-order valence-electron chi connectivity index (χ4n) is 4.88. The fourth-order valence-corrected chi connectivity index (χ4v) is 19.2. The van der Waals surface area contributed by atoms with E-state index < -0.39 is 15.3 Å². The number of hydrogen-bond donors (Lipinski definition) is 0. The van der Waals surface area contributed by atoms with Crippen LogP contribution >= 0.6 is 7.26 Å². The SMILES string of the molecule is CC1C(C)C(C)C([Si](C)(C)C[P+](C)(C)C(C)(C)C)C1C. The quantitative estimate of drug-likeness (QED) is 0.427. The molecule has 0 aromatic carbocycles. The molecule has 1 rings (SSSR count). The first-order valence-corrected chi connectivity index (χ1v) is 14.7. The fraction of sp³-hybridized carbons (Fsp3) is 1.00. The largest absolute Gasteiger partial charge is 0.0955 e. The van der Waals surface area contributed by atoms with Crippen LogP contribution in [-0.2, 0) is 0 Å². The standard InChI is InChI=1S/C18H40PSi/c1-13-14(2)16(4)17(15(13)3)20(10,11)12-19(8,9)18(5,6)7/h13-17H,12H2,1-11H3/q+1. The van der Waals surface area contributed by atoms with Gasteiger partial charge in [-0.15, -0.1) is 0 Å². The van der Waals surface area contributed by atoms with Crippen molar-refractivity contribution in [2.75, 3.05) is 19.1 Å². The zero-order valence-electron chi connectivity index (χ0n) is 16.0. The second kappa shape index (κ2) is 5.69. The van der Waals surface area contributed by atoms with E-state index >= 15 is 0 Å². The molecule has 0 saturated heterocycles. The highest BCUT2D eigenvalue weighted by Crippen LogP contribution is 2.66. The first-order valence-electron chi connectivity index (χ1n) is 8.55. The van der Waals surface area contributed by atoms with Gasteiger partial charge in [-0.1, -0.05) is 40.8 Å². The molecule has 1 aliphatic rings. The van der Waals surface area contributed by atoms with Crippen LogP contribution in [0.25, 0.3) is 0 Å². The molecule has 0 bridgehead atoms. The third-order valence-electron chi connectivity index (χ3n) is 7.14. The summed E-state index contributed by atoms with van der Waals surface area (Å²) in [5.74, 6) is 5.27. The molecule has 0 spiro atoms. The molecule has 0 aromatic rings. The zero-order valence-corrected chi connectivity index (χ0v) is 17.9. The minimum absolute atomic E-state index is 0.513. The molecule has 0 aromatic heterocycles. The molecule has 120 valence electrons. The molecule has 4 atom stereocenters. The van der Waals surface area contributed by atoms with Gasteiger partial charge < -0.3 is 0 Å². The molecular weight excluding hydrogens is 275 g/mol. The van der Waals surface area contributed by atoms with E-state index in [2.05, 4.69) is 74.9 Å². The first kappa shape index (κ1) is 18.7. The van der Waals surface area contributed by atoms with Gasteiger partial charge in [0.05, 0.1) is 13.2 Å². The van der Waals surface area contributed by atoms with Crippen molar-refractivity contribution in [3.8, 4) is 0 Å². The molecule has 0 aliphatic heterocycles. The molecule has 0 amide bonds. The van der Waals surface area contributed by atoms with Crippen LogP contribution in [0.5, 0.6) is 0 Å². The lowest BCUT2D eigenvalue weighted by atomic mass is 9.92. The lowest BCUT2D eigenvalue weighted by molar-refractivity contribution is 0.352. The van der Waals surface area contributed by atoms with Gasteiger partial charge in [0.1, 0.15) is 0 Å². The minimum Gasteiger partial charge on any atom is -0.0659 e. The highest BCUT2D eigenvalue weighted by atomic mass is 31.2. The Balaban J connectivity index is 3.00. The van der Waals surface area contributed by atoms with Crippen molar-refractivity contribution in [1.29, 1.82) is 0 Å². The zero-order chi connectivity index (χ0) is 16.1. The molecule has 1 aliphatic carbocycles. The van der Waals surface area contributed by atoms with Crippen LogP contribution in [-0.4, -0.2) is 32.3 Å².